The maximum Gasteiger partial charge on any atom is 0.263 e. The Morgan fingerprint density at radius 1 is 1.24 bits per heavy atom. The fourth-order valence-electron chi connectivity index (χ4n) is 3.18. The minimum atomic E-state index is -0.475. The molecule has 5 heteroatoms. The quantitative estimate of drug-likeness (QED) is 0.880. The van der Waals surface area contributed by atoms with Gasteiger partial charge in [0, 0.05) is 19.1 Å². The molecule has 3 unspecified atom stereocenters. The van der Waals surface area contributed by atoms with Gasteiger partial charge >= 0.3 is 0 Å². The summed E-state index contributed by atoms with van der Waals surface area (Å²) in [6, 6.07) is 8.16. The minimum Gasteiger partial charge on any atom is -0.481 e. The highest BCUT2D eigenvalue weighted by molar-refractivity contribution is 5.85. The van der Waals surface area contributed by atoms with E-state index in [0.717, 1.165) is 31.7 Å². The molecule has 0 bridgehead atoms. The van der Waals surface area contributed by atoms with Gasteiger partial charge in [0.1, 0.15) is 5.75 Å². The van der Waals surface area contributed by atoms with E-state index in [1.54, 1.807) is 0 Å². The van der Waals surface area contributed by atoms with E-state index in [2.05, 4.69) is 32.9 Å². The Labute approximate surface area is 158 Å². The lowest BCUT2D eigenvalue weighted by atomic mass is 9.87. The summed E-state index contributed by atoms with van der Waals surface area (Å²) in [7, 11) is 0. The molecule has 1 aromatic rings. The standard InChI is InChI=1S/C20H32N2O2.ClH/c1-14(21)16-7-6-12-22(13-16)19(23)15(2)24-18-10-8-17(9-11-18)20(3,4)5;/h8-11,14-16H,6-7,12-13,21H2,1-5H3;1H. The van der Waals surface area contributed by atoms with Crippen LogP contribution in [0.3, 0.4) is 0 Å². The summed E-state index contributed by atoms with van der Waals surface area (Å²) in [6.07, 6.45) is 1.65. The highest BCUT2D eigenvalue weighted by atomic mass is 35.5. The number of hydrogen-bond acceptors (Lipinski definition) is 3. The SMILES string of the molecule is CC(Oc1ccc(C(C)(C)C)cc1)C(=O)N1CCCC(C(C)N)C1.Cl. The highest BCUT2D eigenvalue weighted by Gasteiger charge is 2.29. The second kappa shape index (κ2) is 8.91. The molecule has 0 aliphatic carbocycles. The fraction of sp³-hybridized carbons (Fsp3) is 0.650. The van der Waals surface area contributed by atoms with Gasteiger partial charge in [0.15, 0.2) is 6.10 Å². The Hall–Kier alpha value is -1.26. The maximum atomic E-state index is 12.7. The van der Waals surface area contributed by atoms with Crippen molar-refractivity contribution in [2.24, 2.45) is 11.7 Å². The number of piperidine rings is 1. The zero-order valence-corrected chi connectivity index (χ0v) is 16.9. The molecule has 1 aliphatic heterocycles. The predicted molar refractivity (Wildman–Crippen MR) is 105 cm³/mol. The van der Waals surface area contributed by atoms with E-state index in [1.807, 2.05) is 30.9 Å². The molecule has 1 saturated heterocycles. The van der Waals surface area contributed by atoms with Crippen molar-refractivity contribution in [2.75, 3.05) is 13.1 Å². The van der Waals surface area contributed by atoms with Gasteiger partial charge < -0.3 is 15.4 Å². The molecule has 2 rings (SSSR count). The van der Waals surface area contributed by atoms with E-state index in [1.165, 1.54) is 5.56 Å². The number of carbonyl (C=O) groups is 1. The molecule has 1 fully saturated rings. The van der Waals surface area contributed by atoms with Gasteiger partial charge in [-0.2, -0.15) is 0 Å². The van der Waals surface area contributed by atoms with Gasteiger partial charge in [0.25, 0.3) is 5.91 Å². The zero-order chi connectivity index (χ0) is 17.9. The van der Waals surface area contributed by atoms with Crippen molar-refractivity contribution in [3.05, 3.63) is 29.8 Å². The van der Waals surface area contributed by atoms with Crippen LogP contribution in [-0.4, -0.2) is 36.0 Å². The largest absolute Gasteiger partial charge is 0.481 e. The first-order valence-corrected chi connectivity index (χ1v) is 9.00. The molecule has 1 heterocycles. The molecule has 1 amide bonds. The van der Waals surface area contributed by atoms with Crippen LogP contribution in [0.1, 0.15) is 53.0 Å². The Morgan fingerprint density at radius 2 is 1.84 bits per heavy atom. The summed E-state index contributed by atoms with van der Waals surface area (Å²) < 4.78 is 5.87. The van der Waals surface area contributed by atoms with Gasteiger partial charge in [-0.05, 0) is 55.7 Å². The summed E-state index contributed by atoms with van der Waals surface area (Å²) in [5.41, 5.74) is 7.38. The molecule has 3 atom stereocenters. The molecule has 25 heavy (non-hydrogen) atoms. The summed E-state index contributed by atoms with van der Waals surface area (Å²) in [6.45, 7) is 11.9. The van der Waals surface area contributed by atoms with E-state index in [9.17, 15) is 4.79 Å². The molecule has 2 N–H and O–H groups in total. The van der Waals surface area contributed by atoms with Gasteiger partial charge in [0.05, 0.1) is 0 Å². The maximum absolute atomic E-state index is 12.7. The number of likely N-dealkylation sites (tertiary alicyclic amines) is 1. The number of nitrogens with two attached hydrogens (primary N) is 1. The molecular formula is C20H33ClN2O2. The third-order valence-corrected chi connectivity index (χ3v) is 4.89. The first kappa shape index (κ1) is 21.8. The summed E-state index contributed by atoms with van der Waals surface area (Å²) in [5.74, 6) is 1.19. The van der Waals surface area contributed by atoms with Crippen molar-refractivity contribution in [2.45, 2.75) is 65.0 Å². The number of carbonyl (C=O) groups excluding carboxylic acids is 1. The van der Waals surface area contributed by atoms with Crippen molar-refractivity contribution in [3.8, 4) is 5.75 Å². The Bertz CT molecular complexity index is 552. The topological polar surface area (TPSA) is 55.6 Å². The molecule has 0 spiro atoms. The zero-order valence-electron chi connectivity index (χ0n) is 16.1. The number of amides is 1. The van der Waals surface area contributed by atoms with E-state index in [4.69, 9.17) is 10.5 Å². The smallest absolute Gasteiger partial charge is 0.263 e. The Balaban J connectivity index is 0.00000312. The molecule has 1 aromatic carbocycles. The highest BCUT2D eigenvalue weighted by Crippen LogP contribution is 2.25. The number of ether oxygens (including phenoxy) is 1. The van der Waals surface area contributed by atoms with Crippen LogP contribution in [0.25, 0.3) is 0 Å². The third kappa shape index (κ3) is 5.89. The average Bonchev–Trinajstić information content (AvgIpc) is 2.53. The van der Waals surface area contributed by atoms with Crippen LogP contribution in [0.2, 0.25) is 0 Å². The van der Waals surface area contributed by atoms with E-state index in [0.29, 0.717) is 5.92 Å². The molecule has 142 valence electrons. The number of nitrogens with zero attached hydrogens (tertiary/aromatic N) is 1. The lowest BCUT2D eigenvalue weighted by molar-refractivity contribution is -0.139. The first-order valence-electron chi connectivity index (χ1n) is 9.00. The van der Waals surface area contributed by atoms with Gasteiger partial charge in [-0.1, -0.05) is 32.9 Å². The minimum absolute atomic E-state index is 0. The van der Waals surface area contributed by atoms with E-state index < -0.39 is 6.10 Å². The summed E-state index contributed by atoms with van der Waals surface area (Å²) >= 11 is 0. The van der Waals surface area contributed by atoms with Crippen molar-refractivity contribution in [3.63, 3.8) is 0 Å². The van der Waals surface area contributed by atoms with Gasteiger partial charge in [0.2, 0.25) is 0 Å². The van der Waals surface area contributed by atoms with E-state index >= 15 is 0 Å². The summed E-state index contributed by atoms with van der Waals surface area (Å²) in [4.78, 5) is 14.6. The number of benzene rings is 1. The van der Waals surface area contributed by atoms with E-state index in [-0.39, 0.29) is 29.8 Å². The van der Waals surface area contributed by atoms with Crippen LogP contribution in [-0.2, 0) is 10.2 Å². The van der Waals surface area contributed by atoms with Crippen LogP contribution in [0.4, 0.5) is 0 Å². The first-order chi connectivity index (χ1) is 11.2. The van der Waals surface area contributed by atoms with Gasteiger partial charge in [-0.3, -0.25) is 4.79 Å². The normalized spacial score (nSPS) is 20.4. The second-order valence-corrected chi connectivity index (χ2v) is 8.08. The lowest BCUT2D eigenvalue weighted by Crippen LogP contribution is -2.48. The monoisotopic (exact) mass is 368 g/mol. The van der Waals surface area contributed by atoms with Crippen LogP contribution in [0.15, 0.2) is 24.3 Å². The number of rotatable bonds is 4. The Morgan fingerprint density at radius 3 is 2.36 bits per heavy atom. The summed E-state index contributed by atoms with van der Waals surface area (Å²) in [5, 5.41) is 0. The van der Waals surface area contributed by atoms with Crippen LogP contribution < -0.4 is 10.5 Å². The van der Waals surface area contributed by atoms with Crippen LogP contribution in [0.5, 0.6) is 5.75 Å². The molecule has 1 aliphatic rings. The molecule has 0 saturated carbocycles. The van der Waals surface area contributed by atoms with Gasteiger partial charge in [-0.25, -0.2) is 0 Å². The lowest BCUT2D eigenvalue weighted by Gasteiger charge is -2.35. The van der Waals surface area contributed by atoms with Crippen molar-refractivity contribution >= 4 is 18.3 Å². The van der Waals surface area contributed by atoms with Crippen molar-refractivity contribution in [1.82, 2.24) is 4.90 Å². The molecule has 0 aromatic heterocycles. The third-order valence-electron chi connectivity index (χ3n) is 4.89. The van der Waals surface area contributed by atoms with Crippen molar-refractivity contribution in [1.29, 1.82) is 0 Å². The predicted octanol–water partition coefficient (Wildman–Crippen LogP) is 3.76. The van der Waals surface area contributed by atoms with Crippen molar-refractivity contribution < 1.29 is 9.53 Å². The molecule has 0 radical (unpaired) electrons. The molecule has 4 nitrogen and oxygen atoms in total. The van der Waals surface area contributed by atoms with Gasteiger partial charge in [-0.15, -0.1) is 12.4 Å². The second-order valence-electron chi connectivity index (χ2n) is 8.08. The number of hydrogen-bond donors (Lipinski definition) is 1. The molecular weight excluding hydrogens is 336 g/mol. The Kier molecular flexibility index (Phi) is 7.76. The fourth-order valence-corrected chi connectivity index (χ4v) is 3.18. The number of halogens is 1. The van der Waals surface area contributed by atoms with Crippen LogP contribution >= 0.6 is 12.4 Å². The van der Waals surface area contributed by atoms with Crippen LogP contribution in [0, 0.1) is 5.92 Å². The average molecular weight is 369 g/mol.